The van der Waals surface area contributed by atoms with Gasteiger partial charge in [0, 0.05) is 23.8 Å². The summed E-state index contributed by atoms with van der Waals surface area (Å²) < 4.78 is 10.7. The maximum atomic E-state index is 12.2. The van der Waals surface area contributed by atoms with Crippen LogP contribution in [-0.2, 0) is 4.79 Å². The molecule has 0 saturated heterocycles. The topological polar surface area (TPSA) is 119 Å². The number of benzene rings is 1. The molecule has 0 aliphatic heterocycles. The Morgan fingerprint density at radius 1 is 1.30 bits per heavy atom. The Kier molecular flexibility index (Phi) is 5.38. The lowest BCUT2D eigenvalue weighted by atomic mass is 10.1. The molecule has 0 unspecified atom stereocenters. The van der Waals surface area contributed by atoms with E-state index >= 15 is 0 Å². The summed E-state index contributed by atoms with van der Waals surface area (Å²) in [7, 11) is 1.44. The van der Waals surface area contributed by atoms with Crippen molar-refractivity contribution >= 4 is 51.4 Å². The Bertz CT molecular complexity index is 1060. The second-order valence-electron chi connectivity index (χ2n) is 5.42. The number of H-pyrrole nitrogens is 1. The second kappa shape index (κ2) is 7.73. The zero-order valence-electron chi connectivity index (χ0n) is 14.0. The molecule has 0 fully saturated rings. The molecule has 0 atom stereocenters. The first-order valence-corrected chi connectivity index (χ1v) is 8.37. The van der Waals surface area contributed by atoms with Crippen molar-refractivity contribution in [3.63, 3.8) is 0 Å². The second-order valence-corrected chi connectivity index (χ2v) is 6.24. The van der Waals surface area contributed by atoms with Crippen LogP contribution in [0.1, 0.15) is 0 Å². The first-order valence-electron chi connectivity index (χ1n) is 7.62. The lowest BCUT2D eigenvalue weighted by molar-refractivity contribution is -0.119. The molecular formula is C17H14Cl2N4O4. The molecule has 0 aliphatic rings. The SMILES string of the molecule is COc1ccc2c(Nc3c(Cl)cncc3Cl)cc(=O)[nH]c2c1OCC(N)=O. The van der Waals surface area contributed by atoms with Crippen molar-refractivity contribution in [2.24, 2.45) is 5.73 Å². The number of nitrogens with two attached hydrogens (primary N) is 1. The zero-order chi connectivity index (χ0) is 19.6. The van der Waals surface area contributed by atoms with Gasteiger partial charge >= 0.3 is 0 Å². The molecular weight excluding hydrogens is 395 g/mol. The number of amides is 1. The van der Waals surface area contributed by atoms with Crippen molar-refractivity contribution in [1.29, 1.82) is 0 Å². The van der Waals surface area contributed by atoms with Gasteiger partial charge in [0.15, 0.2) is 18.1 Å². The molecule has 0 aliphatic carbocycles. The minimum atomic E-state index is -0.666. The molecule has 0 saturated carbocycles. The number of fused-ring (bicyclic) bond motifs is 1. The van der Waals surface area contributed by atoms with Gasteiger partial charge in [0.25, 0.3) is 11.5 Å². The predicted octanol–water partition coefficient (Wildman–Crippen LogP) is 2.85. The number of carbonyl (C=O) groups is 1. The molecule has 4 N–H and O–H groups in total. The van der Waals surface area contributed by atoms with Gasteiger partial charge in [0.05, 0.1) is 34.0 Å². The summed E-state index contributed by atoms with van der Waals surface area (Å²) in [6.45, 7) is -0.378. The van der Waals surface area contributed by atoms with Gasteiger partial charge in [-0.25, -0.2) is 0 Å². The Morgan fingerprint density at radius 2 is 2.00 bits per heavy atom. The van der Waals surface area contributed by atoms with Gasteiger partial charge in [-0.2, -0.15) is 0 Å². The van der Waals surface area contributed by atoms with Crippen LogP contribution < -0.4 is 26.1 Å². The van der Waals surface area contributed by atoms with Crippen LogP contribution >= 0.6 is 23.2 Å². The molecule has 3 rings (SSSR count). The first-order chi connectivity index (χ1) is 12.9. The Labute approximate surface area is 163 Å². The van der Waals surface area contributed by atoms with Crippen LogP contribution in [0, 0.1) is 0 Å². The Hall–Kier alpha value is -2.97. The van der Waals surface area contributed by atoms with Crippen LogP contribution in [0.15, 0.2) is 35.4 Å². The molecule has 2 heterocycles. The van der Waals surface area contributed by atoms with E-state index < -0.39 is 11.5 Å². The number of ether oxygens (including phenoxy) is 2. The number of rotatable bonds is 6. The summed E-state index contributed by atoms with van der Waals surface area (Å²) in [6, 6.07) is 4.70. The molecule has 27 heavy (non-hydrogen) atoms. The number of aromatic nitrogens is 2. The van der Waals surface area contributed by atoms with E-state index in [2.05, 4.69) is 15.3 Å². The number of hydrogen-bond acceptors (Lipinski definition) is 6. The fourth-order valence-corrected chi connectivity index (χ4v) is 2.96. The molecule has 1 amide bonds. The van der Waals surface area contributed by atoms with Gasteiger partial charge in [-0.05, 0) is 12.1 Å². The number of pyridine rings is 2. The average Bonchev–Trinajstić information content (AvgIpc) is 2.62. The van der Waals surface area contributed by atoms with Crippen LogP contribution in [0.2, 0.25) is 10.0 Å². The number of nitrogens with zero attached hydrogens (tertiary/aromatic N) is 1. The quantitative estimate of drug-likeness (QED) is 0.576. The smallest absolute Gasteiger partial charge is 0.255 e. The van der Waals surface area contributed by atoms with Crippen molar-refractivity contribution < 1.29 is 14.3 Å². The van der Waals surface area contributed by atoms with E-state index in [1.54, 1.807) is 12.1 Å². The highest BCUT2D eigenvalue weighted by molar-refractivity contribution is 6.39. The maximum absolute atomic E-state index is 12.2. The van der Waals surface area contributed by atoms with E-state index in [1.165, 1.54) is 25.6 Å². The average molecular weight is 409 g/mol. The highest BCUT2D eigenvalue weighted by Crippen LogP contribution is 2.38. The molecule has 0 spiro atoms. The van der Waals surface area contributed by atoms with Gasteiger partial charge in [0.2, 0.25) is 0 Å². The molecule has 3 aromatic rings. The zero-order valence-corrected chi connectivity index (χ0v) is 15.5. The minimum absolute atomic E-state index is 0.182. The third-order valence-electron chi connectivity index (χ3n) is 3.63. The van der Waals surface area contributed by atoms with Crippen molar-refractivity contribution in [3.8, 4) is 11.5 Å². The number of methoxy groups -OCH3 is 1. The van der Waals surface area contributed by atoms with Crippen molar-refractivity contribution in [3.05, 3.63) is 51.0 Å². The number of aromatic amines is 1. The van der Waals surface area contributed by atoms with Crippen LogP contribution in [-0.4, -0.2) is 29.6 Å². The fraction of sp³-hybridized carbons (Fsp3) is 0.118. The van der Waals surface area contributed by atoms with Crippen molar-refractivity contribution in [1.82, 2.24) is 9.97 Å². The summed E-state index contributed by atoms with van der Waals surface area (Å²) >= 11 is 12.3. The third-order valence-corrected chi connectivity index (χ3v) is 4.20. The number of carbonyl (C=O) groups excluding carboxylic acids is 1. The monoisotopic (exact) mass is 408 g/mol. The van der Waals surface area contributed by atoms with Crippen LogP contribution in [0.4, 0.5) is 11.4 Å². The van der Waals surface area contributed by atoms with Crippen molar-refractivity contribution in [2.75, 3.05) is 19.0 Å². The summed E-state index contributed by atoms with van der Waals surface area (Å²) in [5.74, 6) is -0.154. The van der Waals surface area contributed by atoms with Gasteiger partial charge in [-0.1, -0.05) is 23.2 Å². The standard InChI is InChI=1S/C17H14Cl2N4O4/c1-26-12-3-2-8-11(22-16-9(18)5-21-6-10(16)19)4-14(25)23-15(8)17(12)27-7-13(20)24/h2-6H,7H2,1H3,(H2,20,24)(H2,21,22,23,25). The summed E-state index contributed by atoms with van der Waals surface area (Å²) in [5.41, 5.74) is 5.88. The van der Waals surface area contributed by atoms with E-state index in [9.17, 15) is 9.59 Å². The number of halogens is 2. The van der Waals surface area contributed by atoms with E-state index in [0.717, 1.165) is 0 Å². The number of nitrogens with one attached hydrogen (secondary N) is 2. The molecule has 140 valence electrons. The molecule has 2 aromatic heterocycles. The third kappa shape index (κ3) is 3.91. The van der Waals surface area contributed by atoms with E-state index in [-0.39, 0.29) is 22.4 Å². The number of primary amides is 1. The molecule has 1 aromatic carbocycles. The summed E-state index contributed by atoms with van der Waals surface area (Å²) in [6.07, 6.45) is 2.85. The summed E-state index contributed by atoms with van der Waals surface area (Å²) in [5, 5.41) is 4.20. The highest BCUT2D eigenvalue weighted by Gasteiger charge is 2.16. The molecule has 10 heteroatoms. The van der Waals surface area contributed by atoms with Gasteiger partial charge in [-0.3, -0.25) is 14.6 Å². The van der Waals surface area contributed by atoms with E-state index in [1.807, 2.05) is 0 Å². The fourth-order valence-electron chi connectivity index (χ4n) is 2.50. The van der Waals surface area contributed by atoms with E-state index in [4.69, 9.17) is 38.4 Å². The van der Waals surface area contributed by atoms with Gasteiger partial charge < -0.3 is 25.5 Å². The predicted molar refractivity (Wildman–Crippen MR) is 103 cm³/mol. The number of hydrogen-bond donors (Lipinski definition) is 3. The summed E-state index contributed by atoms with van der Waals surface area (Å²) in [4.78, 5) is 29.9. The van der Waals surface area contributed by atoms with Gasteiger partial charge in [0.1, 0.15) is 0 Å². The lowest BCUT2D eigenvalue weighted by Gasteiger charge is -2.16. The Morgan fingerprint density at radius 3 is 2.63 bits per heavy atom. The number of anilines is 2. The maximum Gasteiger partial charge on any atom is 0.255 e. The molecule has 8 nitrogen and oxygen atoms in total. The van der Waals surface area contributed by atoms with E-state index in [0.29, 0.717) is 28.0 Å². The molecule has 0 bridgehead atoms. The van der Waals surface area contributed by atoms with Crippen LogP contribution in [0.25, 0.3) is 10.9 Å². The minimum Gasteiger partial charge on any atom is -0.493 e. The largest absolute Gasteiger partial charge is 0.493 e. The van der Waals surface area contributed by atoms with Crippen molar-refractivity contribution in [2.45, 2.75) is 0 Å². The van der Waals surface area contributed by atoms with Crippen LogP contribution in [0.5, 0.6) is 11.5 Å². The highest BCUT2D eigenvalue weighted by atomic mass is 35.5. The van der Waals surface area contributed by atoms with Crippen LogP contribution in [0.3, 0.4) is 0 Å². The first kappa shape index (κ1) is 18.8. The Balaban J connectivity index is 2.18. The molecule has 0 radical (unpaired) electrons. The normalized spacial score (nSPS) is 10.6. The van der Waals surface area contributed by atoms with Gasteiger partial charge in [-0.15, -0.1) is 0 Å². The lowest BCUT2D eigenvalue weighted by Crippen LogP contribution is -2.20.